The van der Waals surface area contributed by atoms with Crippen molar-refractivity contribution in [1.82, 2.24) is 9.78 Å². The van der Waals surface area contributed by atoms with Crippen LogP contribution in [0.4, 0.5) is 4.39 Å². The molecule has 1 aromatic heterocycles. The molecule has 4 heteroatoms. The molecule has 0 spiro atoms. The molecule has 1 aromatic rings. The molecule has 0 aliphatic carbocycles. The zero-order chi connectivity index (χ0) is 9.68. The maximum atomic E-state index is 11.7. The van der Waals surface area contributed by atoms with Crippen molar-refractivity contribution in [3.63, 3.8) is 0 Å². The van der Waals surface area contributed by atoms with Crippen molar-refractivity contribution in [3.05, 3.63) is 12.4 Å². The molecule has 0 bridgehead atoms. The van der Waals surface area contributed by atoms with Gasteiger partial charge in [0.1, 0.15) is 0 Å². The highest BCUT2D eigenvalue weighted by Crippen LogP contribution is 2.12. The molecule has 0 saturated carbocycles. The zero-order valence-corrected chi connectivity index (χ0v) is 8.03. The number of halogens is 1. The van der Waals surface area contributed by atoms with Crippen LogP contribution in [0.3, 0.4) is 0 Å². The summed E-state index contributed by atoms with van der Waals surface area (Å²) in [4.78, 5) is 0. The third-order valence-corrected chi connectivity index (χ3v) is 1.65. The number of nitrogens with zero attached hydrogens (tertiary/aromatic N) is 2. The summed E-state index contributed by atoms with van der Waals surface area (Å²) in [5.74, 6) is 0.710. The predicted molar refractivity (Wildman–Crippen MR) is 48.7 cm³/mol. The van der Waals surface area contributed by atoms with Crippen LogP contribution < -0.4 is 4.74 Å². The van der Waals surface area contributed by atoms with Crippen LogP contribution in [0.25, 0.3) is 0 Å². The first-order chi connectivity index (χ1) is 6.24. The van der Waals surface area contributed by atoms with E-state index in [-0.39, 0.29) is 6.67 Å². The second kappa shape index (κ2) is 4.84. The summed E-state index contributed by atoms with van der Waals surface area (Å²) in [5, 5.41) is 4.09. The number of aromatic nitrogens is 2. The van der Waals surface area contributed by atoms with E-state index in [1.807, 2.05) is 24.7 Å². The topological polar surface area (TPSA) is 27.1 Å². The van der Waals surface area contributed by atoms with Gasteiger partial charge >= 0.3 is 0 Å². The molecule has 0 unspecified atom stereocenters. The maximum Gasteiger partial charge on any atom is 0.157 e. The van der Waals surface area contributed by atoms with E-state index in [1.54, 1.807) is 6.20 Å². The first-order valence-corrected chi connectivity index (χ1v) is 4.47. The van der Waals surface area contributed by atoms with E-state index in [1.165, 1.54) is 0 Å². The van der Waals surface area contributed by atoms with Crippen LogP contribution in [0.15, 0.2) is 12.4 Å². The van der Waals surface area contributed by atoms with Crippen LogP contribution in [0, 0.1) is 0 Å². The minimum atomic E-state index is -0.335. The molecule has 74 valence electrons. The quantitative estimate of drug-likeness (QED) is 0.659. The molecule has 0 N–H and O–H groups in total. The molecule has 0 aliphatic heterocycles. The first kappa shape index (κ1) is 10.0. The molecule has 0 amide bonds. The third kappa shape index (κ3) is 3.05. The Morgan fingerprint density at radius 2 is 2.38 bits per heavy atom. The SMILES string of the molecule is CC(C)n1cc(OCCCF)cn1. The molecule has 0 fully saturated rings. The largest absolute Gasteiger partial charge is 0.490 e. The smallest absolute Gasteiger partial charge is 0.157 e. The summed E-state index contributed by atoms with van der Waals surface area (Å²) in [5.41, 5.74) is 0. The van der Waals surface area contributed by atoms with Crippen LogP contribution in [0.2, 0.25) is 0 Å². The lowest BCUT2D eigenvalue weighted by Crippen LogP contribution is -2.00. The Morgan fingerprint density at radius 1 is 1.62 bits per heavy atom. The number of rotatable bonds is 5. The molecule has 1 rings (SSSR count). The predicted octanol–water partition coefficient (Wildman–Crippen LogP) is 2.20. The van der Waals surface area contributed by atoms with Gasteiger partial charge < -0.3 is 4.74 Å². The van der Waals surface area contributed by atoms with Gasteiger partial charge in [-0.15, -0.1) is 0 Å². The lowest BCUT2D eigenvalue weighted by molar-refractivity contribution is 0.289. The summed E-state index contributed by atoms with van der Waals surface area (Å²) < 4.78 is 18.8. The normalized spacial score (nSPS) is 10.8. The van der Waals surface area contributed by atoms with Gasteiger partial charge in [0.2, 0.25) is 0 Å². The van der Waals surface area contributed by atoms with Gasteiger partial charge in [-0.3, -0.25) is 9.07 Å². The molecule has 0 radical (unpaired) electrons. The van der Waals surface area contributed by atoms with Crippen LogP contribution >= 0.6 is 0 Å². The fraction of sp³-hybridized carbons (Fsp3) is 0.667. The van der Waals surface area contributed by atoms with E-state index in [0.29, 0.717) is 24.8 Å². The molecule has 0 saturated heterocycles. The number of hydrogen-bond acceptors (Lipinski definition) is 2. The average Bonchev–Trinajstić information content (AvgIpc) is 2.53. The number of alkyl halides is 1. The van der Waals surface area contributed by atoms with Crippen LogP contribution in [0.5, 0.6) is 5.75 Å². The summed E-state index contributed by atoms with van der Waals surface area (Å²) in [7, 11) is 0. The summed E-state index contributed by atoms with van der Waals surface area (Å²) >= 11 is 0. The van der Waals surface area contributed by atoms with Crippen LogP contribution in [-0.2, 0) is 0 Å². The second-order valence-corrected chi connectivity index (χ2v) is 3.14. The lowest BCUT2D eigenvalue weighted by Gasteiger charge is -2.03. The Bertz CT molecular complexity index is 248. The molecular formula is C9H15FN2O. The van der Waals surface area contributed by atoms with Gasteiger partial charge in [0, 0.05) is 12.5 Å². The van der Waals surface area contributed by atoms with Crippen molar-refractivity contribution in [2.24, 2.45) is 0 Å². The van der Waals surface area contributed by atoms with Gasteiger partial charge in [-0.2, -0.15) is 5.10 Å². The molecule has 3 nitrogen and oxygen atoms in total. The molecule has 0 aromatic carbocycles. The minimum Gasteiger partial charge on any atom is -0.490 e. The summed E-state index contributed by atoms with van der Waals surface area (Å²) in [6.07, 6.45) is 3.91. The van der Waals surface area contributed by atoms with Crippen molar-refractivity contribution in [2.75, 3.05) is 13.3 Å². The van der Waals surface area contributed by atoms with Crippen LogP contribution in [-0.4, -0.2) is 23.1 Å². The Labute approximate surface area is 77.5 Å². The second-order valence-electron chi connectivity index (χ2n) is 3.14. The van der Waals surface area contributed by atoms with Gasteiger partial charge in [-0.25, -0.2) is 0 Å². The summed E-state index contributed by atoms with van der Waals surface area (Å²) in [6, 6.07) is 0.332. The van der Waals surface area contributed by atoms with Crippen molar-refractivity contribution in [3.8, 4) is 5.75 Å². The van der Waals surface area contributed by atoms with Gasteiger partial charge in [-0.1, -0.05) is 0 Å². The molecule has 1 heterocycles. The van der Waals surface area contributed by atoms with Crippen molar-refractivity contribution >= 4 is 0 Å². The Balaban J connectivity index is 2.40. The van der Waals surface area contributed by atoms with E-state index < -0.39 is 0 Å². The highest BCUT2D eigenvalue weighted by molar-refractivity contribution is 5.11. The Hall–Kier alpha value is -1.06. The van der Waals surface area contributed by atoms with Crippen molar-refractivity contribution in [1.29, 1.82) is 0 Å². The number of ether oxygens (including phenoxy) is 1. The fourth-order valence-corrected chi connectivity index (χ4v) is 0.922. The monoisotopic (exact) mass is 186 g/mol. The molecule has 0 atom stereocenters. The standard InChI is InChI=1S/C9H15FN2O/c1-8(2)12-7-9(6-11-12)13-5-3-4-10/h6-8H,3-5H2,1-2H3. The molecule has 13 heavy (non-hydrogen) atoms. The fourth-order valence-electron chi connectivity index (χ4n) is 0.922. The highest BCUT2D eigenvalue weighted by Gasteiger charge is 2.01. The zero-order valence-electron chi connectivity index (χ0n) is 8.03. The maximum absolute atomic E-state index is 11.7. The highest BCUT2D eigenvalue weighted by atomic mass is 19.1. The minimum absolute atomic E-state index is 0.332. The lowest BCUT2D eigenvalue weighted by atomic mass is 10.4. The Morgan fingerprint density at radius 3 is 2.92 bits per heavy atom. The van der Waals surface area contributed by atoms with E-state index in [9.17, 15) is 4.39 Å². The first-order valence-electron chi connectivity index (χ1n) is 4.47. The molecule has 0 aliphatic rings. The van der Waals surface area contributed by atoms with E-state index in [2.05, 4.69) is 5.10 Å². The van der Waals surface area contributed by atoms with Gasteiger partial charge in [0.15, 0.2) is 5.75 Å². The van der Waals surface area contributed by atoms with Gasteiger partial charge in [-0.05, 0) is 13.8 Å². The summed E-state index contributed by atoms with van der Waals surface area (Å²) in [6.45, 7) is 4.16. The van der Waals surface area contributed by atoms with E-state index in [4.69, 9.17) is 4.74 Å². The van der Waals surface area contributed by atoms with E-state index in [0.717, 1.165) is 0 Å². The van der Waals surface area contributed by atoms with Crippen molar-refractivity contribution in [2.45, 2.75) is 26.3 Å². The van der Waals surface area contributed by atoms with Crippen LogP contribution in [0.1, 0.15) is 26.3 Å². The molecular weight excluding hydrogens is 171 g/mol. The average molecular weight is 186 g/mol. The Kier molecular flexibility index (Phi) is 3.73. The van der Waals surface area contributed by atoms with Gasteiger partial charge in [0.05, 0.1) is 25.7 Å². The van der Waals surface area contributed by atoms with Gasteiger partial charge in [0.25, 0.3) is 0 Å². The van der Waals surface area contributed by atoms with E-state index >= 15 is 0 Å². The third-order valence-electron chi connectivity index (χ3n) is 1.65. The van der Waals surface area contributed by atoms with Crippen molar-refractivity contribution < 1.29 is 9.13 Å². The number of hydrogen-bond donors (Lipinski definition) is 0.